The zero-order chi connectivity index (χ0) is 6.57. The Morgan fingerprint density at radius 1 is 1.44 bits per heavy atom. The summed E-state index contributed by atoms with van der Waals surface area (Å²) in [5.41, 5.74) is 0. The van der Waals surface area contributed by atoms with Crippen LogP contribution in [0.25, 0.3) is 0 Å². The molecule has 0 radical (unpaired) electrons. The molecule has 2 unspecified atom stereocenters. The maximum atomic E-state index is 8.55. The Kier molecular flexibility index (Phi) is 10.8. The molecule has 0 aliphatic carbocycles. The van der Waals surface area contributed by atoms with Crippen LogP contribution in [-0.4, -0.2) is 70.3 Å². The molecule has 0 saturated carbocycles. The van der Waals surface area contributed by atoms with Crippen molar-refractivity contribution in [3.63, 3.8) is 0 Å². The predicted molar refractivity (Wildman–Crippen MR) is 37.2 cm³/mol. The Labute approximate surface area is 95.6 Å². The van der Waals surface area contributed by atoms with Gasteiger partial charge in [-0.3, -0.25) is 0 Å². The Balaban J connectivity index is -0.0000000817. The monoisotopic (exact) mass is 210 g/mol. The largest absolute Gasteiger partial charge is 2.00 e. The molecule has 1 N–H and O–H groups in total. The van der Waals surface area contributed by atoms with E-state index in [0.29, 0.717) is 0 Å². The summed E-state index contributed by atoms with van der Waals surface area (Å²) in [5.74, 6) is 0. The predicted octanol–water partition coefficient (Wildman–Crippen LogP) is 0.178. The van der Waals surface area contributed by atoms with Gasteiger partial charge in [0, 0.05) is 7.11 Å². The standard InChI is InChI=1S/C5H12O3.Sr.2H/c1-4(6)8-5(2)7-3;;;/h4-6H,1-3H3;;;/q;+2;2*-1. The average molecular weight is 210 g/mol. The van der Waals surface area contributed by atoms with Crippen molar-refractivity contribution in [1.82, 2.24) is 0 Å². The van der Waals surface area contributed by atoms with Crippen molar-refractivity contribution in [1.29, 1.82) is 0 Å². The van der Waals surface area contributed by atoms with Crippen LogP contribution in [0.2, 0.25) is 0 Å². The first-order valence-corrected chi connectivity index (χ1v) is 2.53. The fourth-order valence-electron chi connectivity index (χ4n) is 0.333. The zero-order valence-corrected chi connectivity index (χ0v) is 9.60. The van der Waals surface area contributed by atoms with Crippen molar-refractivity contribution < 1.29 is 17.4 Å². The fraction of sp³-hybridized carbons (Fsp3) is 1.00. The van der Waals surface area contributed by atoms with E-state index in [1.54, 1.807) is 6.92 Å². The van der Waals surface area contributed by atoms with Crippen molar-refractivity contribution in [2.24, 2.45) is 0 Å². The van der Waals surface area contributed by atoms with E-state index in [1.165, 1.54) is 14.0 Å². The molecular formula is C5H14O3Sr. The van der Waals surface area contributed by atoms with Gasteiger partial charge in [0.2, 0.25) is 0 Å². The number of ether oxygens (including phenoxy) is 2. The van der Waals surface area contributed by atoms with Gasteiger partial charge in [-0.05, 0) is 13.8 Å². The fourth-order valence-corrected chi connectivity index (χ4v) is 0.333. The minimum Gasteiger partial charge on any atom is -1.00 e. The van der Waals surface area contributed by atoms with E-state index in [9.17, 15) is 0 Å². The summed E-state index contributed by atoms with van der Waals surface area (Å²) in [4.78, 5) is 0. The molecule has 0 aliphatic heterocycles. The Bertz CT molecular complexity index is 65.7. The van der Waals surface area contributed by atoms with Crippen LogP contribution in [0.4, 0.5) is 0 Å². The van der Waals surface area contributed by atoms with E-state index in [4.69, 9.17) is 9.84 Å². The molecule has 0 rings (SSSR count). The summed E-state index contributed by atoms with van der Waals surface area (Å²) >= 11 is 0. The smallest absolute Gasteiger partial charge is 1.00 e. The van der Waals surface area contributed by atoms with Crippen LogP contribution in [0.5, 0.6) is 0 Å². The molecule has 4 heteroatoms. The van der Waals surface area contributed by atoms with E-state index in [2.05, 4.69) is 4.74 Å². The molecule has 0 aliphatic rings. The molecule has 0 spiro atoms. The third kappa shape index (κ3) is 9.36. The first-order chi connectivity index (χ1) is 3.66. The number of hydrogen-bond acceptors (Lipinski definition) is 3. The molecule has 0 amide bonds. The number of aliphatic hydroxyl groups is 1. The molecule has 2 atom stereocenters. The van der Waals surface area contributed by atoms with Crippen LogP contribution in [0.1, 0.15) is 16.7 Å². The second-order valence-electron chi connectivity index (χ2n) is 1.54. The van der Waals surface area contributed by atoms with Crippen LogP contribution in [-0.2, 0) is 9.47 Å². The van der Waals surface area contributed by atoms with E-state index in [-0.39, 0.29) is 54.6 Å². The van der Waals surface area contributed by atoms with Gasteiger partial charge in [0.25, 0.3) is 0 Å². The molecule has 3 nitrogen and oxygen atoms in total. The maximum Gasteiger partial charge on any atom is 2.00 e. The van der Waals surface area contributed by atoms with Gasteiger partial charge in [-0.15, -0.1) is 0 Å². The van der Waals surface area contributed by atoms with Crippen molar-refractivity contribution in [2.75, 3.05) is 7.11 Å². The van der Waals surface area contributed by atoms with Crippen LogP contribution in [0.15, 0.2) is 0 Å². The van der Waals surface area contributed by atoms with Gasteiger partial charge in [-0.25, -0.2) is 0 Å². The second-order valence-corrected chi connectivity index (χ2v) is 1.54. The summed E-state index contributed by atoms with van der Waals surface area (Å²) in [7, 11) is 1.52. The van der Waals surface area contributed by atoms with Gasteiger partial charge in [0.1, 0.15) is 0 Å². The molecule has 0 aromatic heterocycles. The molecule has 9 heavy (non-hydrogen) atoms. The first kappa shape index (κ1) is 13.0. The minimum atomic E-state index is -0.745. The molecule has 0 bridgehead atoms. The van der Waals surface area contributed by atoms with Crippen LogP contribution in [0.3, 0.4) is 0 Å². The number of aliphatic hydroxyl groups excluding tert-OH is 1. The quantitative estimate of drug-likeness (QED) is 0.533. The zero-order valence-electron chi connectivity index (χ0n) is 8.13. The third-order valence-corrected chi connectivity index (χ3v) is 0.721. The summed E-state index contributed by atoms with van der Waals surface area (Å²) < 4.78 is 9.41. The Morgan fingerprint density at radius 2 is 1.89 bits per heavy atom. The van der Waals surface area contributed by atoms with Crippen molar-refractivity contribution in [2.45, 2.75) is 26.4 Å². The Morgan fingerprint density at radius 3 is 2.00 bits per heavy atom. The number of methoxy groups -OCH3 is 1. The van der Waals surface area contributed by atoms with E-state index in [0.717, 1.165) is 0 Å². The van der Waals surface area contributed by atoms with E-state index in [1.807, 2.05) is 0 Å². The van der Waals surface area contributed by atoms with Crippen LogP contribution < -0.4 is 0 Å². The topological polar surface area (TPSA) is 38.7 Å². The molecular weight excluding hydrogens is 196 g/mol. The van der Waals surface area contributed by atoms with Crippen molar-refractivity contribution >= 4 is 45.5 Å². The normalized spacial score (nSPS) is 16.0. The summed E-state index contributed by atoms with van der Waals surface area (Å²) in [6.45, 7) is 3.25. The molecule has 0 aromatic rings. The van der Waals surface area contributed by atoms with Gasteiger partial charge in [-0.1, -0.05) is 0 Å². The van der Waals surface area contributed by atoms with Gasteiger partial charge in [0.15, 0.2) is 12.6 Å². The molecule has 54 valence electrons. The van der Waals surface area contributed by atoms with Gasteiger partial charge < -0.3 is 17.4 Å². The number of rotatable bonds is 3. The van der Waals surface area contributed by atoms with Gasteiger partial charge in [0.05, 0.1) is 0 Å². The van der Waals surface area contributed by atoms with Crippen molar-refractivity contribution in [3.05, 3.63) is 0 Å². The second kappa shape index (κ2) is 7.47. The molecule has 0 aromatic carbocycles. The van der Waals surface area contributed by atoms with Gasteiger partial charge >= 0.3 is 45.5 Å². The molecule has 0 heterocycles. The number of hydrogen-bond donors (Lipinski definition) is 1. The van der Waals surface area contributed by atoms with Crippen molar-refractivity contribution in [3.8, 4) is 0 Å². The summed E-state index contributed by atoms with van der Waals surface area (Å²) in [5, 5.41) is 8.55. The maximum absolute atomic E-state index is 8.55. The summed E-state index contributed by atoms with van der Waals surface area (Å²) in [6, 6.07) is 0. The average Bonchev–Trinajstić information content (AvgIpc) is 1.65. The summed E-state index contributed by atoms with van der Waals surface area (Å²) in [6.07, 6.45) is -1.07. The SMILES string of the molecule is COC(C)OC(C)O.[H-].[H-].[Sr+2]. The minimum absolute atomic E-state index is 0. The van der Waals surface area contributed by atoms with Gasteiger partial charge in [-0.2, -0.15) is 0 Å². The molecule has 0 saturated heterocycles. The van der Waals surface area contributed by atoms with Crippen LogP contribution in [0, 0.1) is 0 Å². The van der Waals surface area contributed by atoms with Crippen LogP contribution >= 0.6 is 0 Å². The Hall–Kier alpha value is 1.36. The molecule has 0 fully saturated rings. The third-order valence-electron chi connectivity index (χ3n) is 0.721. The van der Waals surface area contributed by atoms with E-state index >= 15 is 0 Å². The van der Waals surface area contributed by atoms with E-state index < -0.39 is 6.29 Å². The first-order valence-electron chi connectivity index (χ1n) is 2.53.